The lowest BCUT2D eigenvalue weighted by Crippen LogP contribution is -2.45. The number of carbonyl (C=O) groups is 3. The Bertz CT molecular complexity index is 854. The SMILES string of the molecule is CC(C)CC(NCC(C(=O)O)C(=O)Nc1nc2c(Cl)cccc2s1)C(=O)O. The van der Waals surface area contributed by atoms with Gasteiger partial charge in [0, 0.05) is 6.54 Å². The third-order valence-corrected chi connectivity index (χ3v) is 5.03. The highest BCUT2D eigenvalue weighted by atomic mass is 35.5. The predicted molar refractivity (Wildman–Crippen MR) is 103 cm³/mol. The number of amides is 1. The number of rotatable bonds is 9. The summed E-state index contributed by atoms with van der Waals surface area (Å²) >= 11 is 7.22. The zero-order chi connectivity index (χ0) is 20.1. The molecule has 2 aromatic rings. The molecule has 27 heavy (non-hydrogen) atoms. The van der Waals surface area contributed by atoms with Gasteiger partial charge in [0.25, 0.3) is 0 Å². The minimum Gasteiger partial charge on any atom is -0.481 e. The van der Waals surface area contributed by atoms with Crippen LogP contribution in [0.1, 0.15) is 20.3 Å². The number of benzene rings is 1. The van der Waals surface area contributed by atoms with Gasteiger partial charge in [-0.3, -0.25) is 14.4 Å². The molecule has 1 aromatic heterocycles. The van der Waals surface area contributed by atoms with E-state index in [1.807, 2.05) is 13.8 Å². The Morgan fingerprint density at radius 1 is 1.22 bits per heavy atom. The van der Waals surface area contributed by atoms with Gasteiger partial charge in [-0.15, -0.1) is 0 Å². The average molecular weight is 414 g/mol. The van der Waals surface area contributed by atoms with Crippen LogP contribution in [0.15, 0.2) is 18.2 Å². The highest BCUT2D eigenvalue weighted by Gasteiger charge is 2.29. The molecule has 146 valence electrons. The number of fused-ring (bicyclic) bond motifs is 1. The van der Waals surface area contributed by atoms with Gasteiger partial charge in [-0.25, -0.2) is 4.98 Å². The minimum absolute atomic E-state index is 0.100. The number of anilines is 1. The van der Waals surface area contributed by atoms with E-state index in [2.05, 4.69) is 15.6 Å². The van der Waals surface area contributed by atoms with Gasteiger partial charge < -0.3 is 20.8 Å². The standard InChI is InChI=1S/C17H20ClN3O5S/c1-8(2)6-11(16(25)26)19-7-9(15(23)24)14(22)21-17-20-13-10(18)4-3-5-12(13)27-17/h3-5,8-9,11,19H,6-7H2,1-2H3,(H,23,24)(H,25,26)(H,20,21,22). The zero-order valence-electron chi connectivity index (χ0n) is 14.7. The Morgan fingerprint density at radius 2 is 1.93 bits per heavy atom. The van der Waals surface area contributed by atoms with Crippen molar-refractivity contribution >= 4 is 56.1 Å². The smallest absolute Gasteiger partial charge is 0.320 e. The first-order chi connectivity index (χ1) is 12.7. The summed E-state index contributed by atoms with van der Waals surface area (Å²) in [5, 5.41) is 24.4. The summed E-state index contributed by atoms with van der Waals surface area (Å²) in [7, 11) is 0. The number of para-hydroxylation sites is 1. The molecule has 0 spiro atoms. The summed E-state index contributed by atoms with van der Waals surface area (Å²) in [6.45, 7) is 3.41. The number of aliphatic carboxylic acids is 2. The molecule has 0 fully saturated rings. The second-order valence-electron chi connectivity index (χ2n) is 6.41. The second kappa shape index (κ2) is 9.12. The second-order valence-corrected chi connectivity index (χ2v) is 7.85. The summed E-state index contributed by atoms with van der Waals surface area (Å²) < 4.78 is 0.755. The van der Waals surface area contributed by atoms with E-state index in [-0.39, 0.29) is 17.6 Å². The van der Waals surface area contributed by atoms with Gasteiger partial charge in [-0.1, -0.05) is 42.9 Å². The van der Waals surface area contributed by atoms with Crippen molar-refractivity contribution < 1.29 is 24.6 Å². The van der Waals surface area contributed by atoms with Gasteiger partial charge in [0.2, 0.25) is 5.91 Å². The number of nitrogens with zero attached hydrogens (tertiary/aromatic N) is 1. The maximum Gasteiger partial charge on any atom is 0.320 e. The molecule has 1 aromatic carbocycles. The van der Waals surface area contributed by atoms with Crippen LogP contribution in [0, 0.1) is 11.8 Å². The molecule has 2 unspecified atom stereocenters. The summed E-state index contributed by atoms with van der Waals surface area (Å²) in [5.41, 5.74) is 0.521. The van der Waals surface area contributed by atoms with E-state index in [0.29, 0.717) is 17.0 Å². The fourth-order valence-corrected chi connectivity index (χ4v) is 3.62. The van der Waals surface area contributed by atoms with Crippen molar-refractivity contribution in [1.29, 1.82) is 0 Å². The Morgan fingerprint density at radius 3 is 2.48 bits per heavy atom. The first-order valence-corrected chi connectivity index (χ1v) is 9.43. The number of hydrogen-bond donors (Lipinski definition) is 4. The number of hydrogen-bond acceptors (Lipinski definition) is 6. The molecule has 0 bridgehead atoms. The van der Waals surface area contributed by atoms with E-state index in [1.165, 1.54) is 11.3 Å². The monoisotopic (exact) mass is 413 g/mol. The van der Waals surface area contributed by atoms with Crippen molar-refractivity contribution in [3.8, 4) is 0 Å². The molecular formula is C17H20ClN3O5S. The zero-order valence-corrected chi connectivity index (χ0v) is 16.3. The number of carboxylic acid groups (broad SMARTS) is 2. The van der Waals surface area contributed by atoms with E-state index in [0.717, 1.165) is 4.70 Å². The van der Waals surface area contributed by atoms with Crippen molar-refractivity contribution in [2.24, 2.45) is 11.8 Å². The first kappa shape index (κ1) is 21.1. The van der Waals surface area contributed by atoms with Crippen molar-refractivity contribution in [3.05, 3.63) is 23.2 Å². The van der Waals surface area contributed by atoms with Crippen LogP contribution in [0.5, 0.6) is 0 Å². The molecule has 0 saturated carbocycles. The summed E-state index contributed by atoms with van der Waals surface area (Å²) in [6.07, 6.45) is 0.319. The largest absolute Gasteiger partial charge is 0.481 e. The normalized spacial score (nSPS) is 13.5. The van der Waals surface area contributed by atoms with Gasteiger partial charge in [0.05, 0.1) is 9.72 Å². The number of aromatic nitrogens is 1. The highest BCUT2D eigenvalue weighted by molar-refractivity contribution is 7.22. The van der Waals surface area contributed by atoms with Crippen LogP contribution in [-0.4, -0.2) is 45.6 Å². The molecule has 2 rings (SSSR count). The molecule has 8 nitrogen and oxygen atoms in total. The third kappa shape index (κ3) is 5.62. The lowest BCUT2D eigenvalue weighted by Gasteiger charge is -2.19. The number of thiazole rings is 1. The molecule has 0 aliphatic rings. The van der Waals surface area contributed by atoms with E-state index < -0.39 is 29.8 Å². The van der Waals surface area contributed by atoms with E-state index in [4.69, 9.17) is 11.6 Å². The van der Waals surface area contributed by atoms with Gasteiger partial charge in [0.1, 0.15) is 17.5 Å². The van der Waals surface area contributed by atoms with Gasteiger partial charge in [0.15, 0.2) is 5.13 Å². The minimum atomic E-state index is -1.46. The average Bonchev–Trinajstić information content (AvgIpc) is 2.97. The number of nitrogens with one attached hydrogen (secondary N) is 2. The summed E-state index contributed by atoms with van der Waals surface area (Å²) in [6, 6.07) is 4.27. The fourth-order valence-electron chi connectivity index (χ4n) is 2.46. The van der Waals surface area contributed by atoms with Crippen LogP contribution in [0.3, 0.4) is 0 Å². The molecule has 0 radical (unpaired) electrons. The van der Waals surface area contributed by atoms with Crippen LogP contribution in [0.4, 0.5) is 5.13 Å². The summed E-state index contributed by atoms with van der Waals surface area (Å²) in [5.74, 6) is -4.58. The van der Waals surface area contributed by atoms with Crippen LogP contribution >= 0.6 is 22.9 Å². The first-order valence-electron chi connectivity index (χ1n) is 8.24. The van der Waals surface area contributed by atoms with Crippen molar-refractivity contribution in [2.45, 2.75) is 26.3 Å². The van der Waals surface area contributed by atoms with E-state index in [1.54, 1.807) is 18.2 Å². The van der Waals surface area contributed by atoms with Crippen molar-refractivity contribution in [1.82, 2.24) is 10.3 Å². The Hall–Kier alpha value is -2.23. The Balaban J connectivity index is 2.08. The molecule has 0 aliphatic carbocycles. The van der Waals surface area contributed by atoms with Gasteiger partial charge in [-0.2, -0.15) is 0 Å². The lowest BCUT2D eigenvalue weighted by atomic mass is 10.0. The molecule has 1 amide bonds. The van der Waals surface area contributed by atoms with E-state index in [9.17, 15) is 24.6 Å². The lowest BCUT2D eigenvalue weighted by molar-refractivity contribution is -0.146. The fraction of sp³-hybridized carbons (Fsp3) is 0.412. The van der Waals surface area contributed by atoms with Crippen molar-refractivity contribution in [3.63, 3.8) is 0 Å². The maximum absolute atomic E-state index is 12.4. The molecule has 2 atom stereocenters. The maximum atomic E-state index is 12.4. The van der Waals surface area contributed by atoms with Crippen LogP contribution in [0.2, 0.25) is 5.02 Å². The molecule has 1 heterocycles. The van der Waals surface area contributed by atoms with Crippen LogP contribution in [0.25, 0.3) is 10.2 Å². The topological polar surface area (TPSA) is 129 Å². The quantitative estimate of drug-likeness (QED) is 0.465. The Labute approximate surface area is 164 Å². The molecule has 10 heteroatoms. The number of halogens is 1. The number of carbonyl (C=O) groups excluding carboxylic acids is 1. The van der Waals surface area contributed by atoms with Crippen LogP contribution < -0.4 is 10.6 Å². The number of carboxylic acids is 2. The predicted octanol–water partition coefficient (Wildman–Crippen LogP) is 2.68. The van der Waals surface area contributed by atoms with Crippen molar-refractivity contribution in [2.75, 3.05) is 11.9 Å². The highest BCUT2D eigenvalue weighted by Crippen LogP contribution is 2.30. The third-order valence-electron chi connectivity index (χ3n) is 3.79. The van der Waals surface area contributed by atoms with Crippen LogP contribution in [-0.2, 0) is 14.4 Å². The van der Waals surface area contributed by atoms with Gasteiger partial charge >= 0.3 is 11.9 Å². The Kier molecular flexibility index (Phi) is 7.11. The molecule has 0 aliphatic heterocycles. The summed E-state index contributed by atoms with van der Waals surface area (Å²) in [4.78, 5) is 39.3. The molecule has 0 saturated heterocycles. The van der Waals surface area contributed by atoms with E-state index >= 15 is 0 Å². The molecule has 4 N–H and O–H groups in total. The molecular weight excluding hydrogens is 394 g/mol. The van der Waals surface area contributed by atoms with Gasteiger partial charge in [-0.05, 0) is 24.5 Å².